The minimum Gasteiger partial charge on any atom is -0.441 e. The van der Waals surface area contributed by atoms with E-state index < -0.39 is 0 Å². The van der Waals surface area contributed by atoms with Crippen molar-refractivity contribution in [3.8, 4) is 11.3 Å². The number of nitrogens with zero attached hydrogens (tertiary/aromatic N) is 3. The Bertz CT molecular complexity index is 744. The molecule has 2 aromatic heterocycles. The first kappa shape index (κ1) is 11.3. The van der Waals surface area contributed by atoms with Gasteiger partial charge < -0.3 is 10.2 Å². The van der Waals surface area contributed by atoms with Crippen LogP contribution in [0.1, 0.15) is 5.89 Å². The molecule has 0 saturated heterocycles. The molecule has 0 spiro atoms. The number of benzene rings is 1. The van der Waals surface area contributed by atoms with Gasteiger partial charge in [0.05, 0.1) is 4.47 Å². The summed E-state index contributed by atoms with van der Waals surface area (Å²) in [6.07, 6.45) is 0. The third-order valence-corrected chi connectivity index (χ3v) is 3.58. The quantitative estimate of drug-likeness (QED) is 0.750. The molecule has 1 aromatic carbocycles. The number of anilines is 1. The van der Waals surface area contributed by atoms with E-state index in [-0.39, 0.29) is 0 Å². The number of halogens is 1. The van der Waals surface area contributed by atoms with Crippen LogP contribution in [-0.2, 0) is 7.05 Å². The van der Waals surface area contributed by atoms with Gasteiger partial charge in [-0.3, -0.25) is 4.68 Å². The second kappa shape index (κ2) is 3.84. The Hall–Kier alpha value is -1.82. The summed E-state index contributed by atoms with van der Waals surface area (Å²) >= 11 is 3.45. The van der Waals surface area contributed by atoms with Gasteiger partial charge in [-0.05, 0) is 28.1 Å². The highest BCUT2D eigenvalue weighted by atomic mass is 79.9. The van der Waals surface area contributed by atoms with Gasteiger partial charge in [-0.2, -0.15) is 5.10 Å². The summed E-state index contributed by atoms with van der Waals surface area (Å²) in [6, 6.07) is 5.79. The first-order chi connectivity index (χ1) is 8.56. The maximum atomic E-state index is 5.87. The summed E-state index contributed by atoms with van der Waals surface area (Å²) in [6.45, 7) is 1.83. The lowest BCUT2D eigenvalue weighted by molar-refractivity contribution is 0.561. The number of nitrogen functional groups attached to an aromatic ring is 1. The Morgan fingerprint density at radius 3 is 2.83 bits per heavy atom. The molecule has 0 radical (unpaired) electrons. The molecule has 0 aliphatic heterocycles. The van der Waals surface area contributed by atoms with Crippen molar-refractivity contribution < 1.29 is 4.42 Å². The van der Waals surface area contributed by atoms with Gasteiger partial charge in [0.1, 0.15) is 17.0 Å². The van der Waals surface area contributed by atoms with Crippen LogP contribution in [0.3, 0.4) is 0 Å². The lowest BCUT2D eigenvalue weighted by Crippen LogP contribution is -1.97. The van der Waals surface area contributed by atoms with Gasteiger partial charge in [-0.1, -0.05) is 6.07 Å². The molecular formula is C12H11BrN4O. The average Bonchev–Trinajstić information content (AvgIpc) is 2.82. The largest absolute Gasteiger partial charge is 0.441 e. The average molecular weight is 307 g/mol. The van der Waals surface area contributed by atoms with E-state index in [1.807, 2.05) is 25.1 Å². The molecule has 92 valence electrons. The van der Waals surface area contributed by atoms with Gasteiger partial charge in [-0.15, -0.1) is 0 Å². The van der Waals surface area contributed by atoms with Crippen molar-refractivity contribution in [1.82, 2.24) is 14.8 Å². The molecule has 3 rings (SSSR count). The summed E-state index contributed by atoms with van der Waals surface area (Å²) < 4.78 is 7.94. The monoisotopic (exact) mass is 306 g/mol. The van der Waals surface area contributed by atoms with Crippen molar-refractivity contribution in [1.29, 1.82) is 0 Å². The van der Waals surface area contributed by atoms with E-state index >= 15 is 0 Å². The minimum absolute atomic E-state index is 0.596. The molecule has 0 unspecified atom stereocenters. The fraction of sp³-hybridized carbons (Fsp3) is 0.167. The first-order valence-electron chi connectivity index (χ1n) is 5.42. The third kappa shape index (κ3) is 1.60. The maximum absolute atomic E-state index is 5.87. The zero-order valence-corrected chi connectivity index (χ0v) is 11.5. The smallest absolute Gasteiger partial charge is 0.192 e. The second-order valence-corrected chi connectivity index (χ2v) is 4.88. The Kier molecular flexibility index (Phi) is 2.41. The van der Waals surface area contributed by atoms with Crippen molar-refractivity contribution in [2.24, 2.45) is 7.05 Å². The maximum Gasteiger partial charge on any atom is 0.192 e. The van der Waals surface area contributed by atoms with Crippen molar-refractivity contribution in [2.75, 3.05) is 5.73 Å². The van der Waals surface area contributed by atoms with Crippen LogP contribution in [0.25, 0.3) is 22.4 Å². The van der Waals surface area contributed by atoms with Gasteiger partial charge in [0.25, 0.3) is 0 Å². The Morgan fingerprint density at radius 1 is 1.39 bits per heavy atom. The van der Waals surface area contributed by atoms with Gasteiger partial charge in [-0.25, -0.2) is 4.98 Å². The molecule has 2 N–H and O–H groups in total. The van der Waals surface area contributed by atoms with Crippen molar-refractivity contribution in [3.05, 3.63) is 28.6 Å². The number of fused-ring (bicyclic) bond motifs is 1. The molecule has 6 heteroatoms. The SMILES string of the molecule is Cc1nc2ccc(-c3nn(C)c(N)c3Br)cc2o1. The molecule has 18 heavy (non-hydrogen) atoms. The van der Waals surface area contributed by atoms with E-state index in [2.05, 4.69) is 26.0 Å². The van der Waals surface area contributed by atoms with E-state index in [0.29, 0.717) is 11.7 Å². The fourth-order valence-electron chi connectivity index (χ4n) is 1.88. The Labute approximate surface area is 112 Å². The summed E-state index contributed by atoms with van der Waals surface area (Å²) in [7, 11) is 1.81. The molecular weight excluding hydrogens is 296 g/mol. The van der Waals surface area contributed by atoms with Gasteiger partial charge in [0.15, 0.2) is 11.5 Å². The van der Waals surface area contributed by atoms with E-state index in [0.717, 1.165) is 26.8 Å². The Morgan fingerprint density at radius 2 is 2.17 bits per heavy atom. The molecule has 0 bridgehead atoms. The zero-order valence-electron chi connectivity index (χ0n) is 9.94. The van der Waals surface area contributed by atoms with Crippen molar-refractivity contribution in [3.63, 3.8) is 0 Å². The molecule has 0 fully saturated rings. The van der Waals surface area contributed by atoms with Crippen LogP contribution < -0.4 is 5.73 Å². The van der Waals surface area contributed by atoms with Crippen LogP contribution in [0.15, 0.2) is 27.1 Å². The summed E-state index contributed by atoms with van der Waals surface area (Å²) in [5, 5.41) is 4.38. The van der Waals surface area contributed by atoms with Crippen LogP contribution in [0.4, 0.5) is 5.82 Å². The highest BCUT2D eigenvalue weighted by molar-refractivity contribution is 9.10. The van der Waals surface area contributed by atoms with E-state index in [1.54, 1.807) is 11.7 Å². The first-order valence-corrected chi connectivity index (χ1v) is 6.21. The number of rotatable bonds is 1. The minimum atomic E-state index is 0.596. The molecule has 5 nitrogen and oxygen atoms in total. The van der Waals surface area contributed by atoms with Gasteiger partial charge in [0, 0.05) is 19.5 Å². The lowest BCUT2D eigenvalue weighted by atomic mass is 10.1. The normalized spacial score (nSPS) is 11.3. The van der Waals surface area contributed by atoms with Crippen LogP contribution >= 0.6 is 15.9 Å². The number of nitrogens with two attached hydrogens (primary N) is 1. The van der Waals surface area contributed by atoms with Crippen molar-refractivity contribution >= 4 is 32.8 Å². The van der Waals surface area contributed by atoms with Crippen LogP contribution in [0.2, 0.25) is 0 Å². The van der Waals surface area contributed by atoms with E-state index in [1.165, 1.54) is 0 Å². The molecule has 0 amide bonds. The number of aromatic nitrogens is 3. The lowest BCUT2D eigenvalue weighted by Gasteiger charge is -1.96. The molecule has 0 saturated carbocycles. The number of hydrogen-bond donors (Lipinski definition) is 1. The molecule has 0 aliphatic rings. The van der Waals surface area contributed by atoms with Crippen molar-refractivity contribution in [2.45, 2.75) is 6.92 Å². The van der Waals surface area contributed by atoms with E-state index in [4.69, 9.17) is 10.2 Å². The number of hydrogen-bond acceptors (Lipinski definition) is 4. The second-order valence-electron chi connectivity index (χ2n) is 4.09. The standard InChI is InChI=1S/C12H11BrN4O/c1-6-15-8-4-3-7(5-9(8)18-6)11-10(13)12(14)17(2)16-11/h3-5H,14H2,1-2H3. The predicted molar refractivity (Wildman–Crippen MR) is 73.1 cm³/mol. The topological polar surface area (TPSA) is 69.9 Å². The van der Waals surface area contributed by atoms with Gasteiger partial charge in [0.2, 0.25) is 0 Å². The highest BCUT2D eigenvalue weighted by Gasteiger charge is 2.14. The summed E-state index contributed by atoms with van der Waals surface area (Å²) in [5.41, 5.74) is 9.21. The summed E-state index contributed by atoms with van der Waals surface area (Å²) in [5.74, 6) is 1.25. The van der Waals surface area contributed by atoms with Crippen LogP contribution in [0, 0.1) is 6.92 Å². The molecule has 0 aliphatic carbocycles. The molecule has 0 atom stereocenters. The number of oxazole rings is 1. The Balaban J connectivity index is 2.21. The number of aryl methyl sites for hydroxylation is 2. The van der Waals surface area contributed by atoms with Gasteiger partial charge >= 0.3 is 0 Å². The highest BCUT2D eigenvalue weighted by Crippen LogP contribution is 2.33. The molecule has 2 heterocycles. The third-order valence-electron chi connectivity index (χ3n) is 2.80. The van der Waals surface area contributed by atoms with Crippen LogP contribution in [-0.4, -0.2) is 14.8 Å². The fourth-order valence-corrected chi connectivity index (χ4v) is 2.45. The summed E-state index contributed by atoms with van der Waals surface area (Å²) in [4.78, 5) is 4.26. The molecule has 3 aromatic rings. The van der Waals surface area contributed by atoms with Crippen LogP contribution in [0.5, 0.6) is 0 Å². The zero-order chi connectivity index (χ0) is 12.9. The predicted octanol–water partition coefficient (Wildman–Crippen LogP) is 2.88. The van der Waals surface area contributed by atoms with E-state index in [9.17, 15) is 0 Å².